The molecule has 1 aromatic rings. The zero-order valence-corrected chi connectivity index (χ0v) is 10.4. The highest BCUT2D eigenvalue weighted by atomic mass is 16.5. The molecule has 0 saturated carbocycles. The second-order valence-corrected chi connectivity index (χ2v) is 4.10. The number of nitrogens with one attached hydrogen (secondary N) is 1. The molecule has 4 nitrogen and oxygen atoms in total. The van der Waals surface area contributed by atoms with E-state index in [9.17, 15) is 0 Å². The third-order valence-corrected chi connectivity index (χ3v) is 2.05. The molecule has 0 aliphatic rings. The molecule has 0 saturated heterocycles. The zero-order valence-electron chi connectivity index (χ0n) is 10.4. The molecular weight excluding hydrogens is 202 g/mol. The van der Waals surface area contributed by atoms with Crippen LogP contribution in [0.3, 0.4) is 0 Å². The van der Waals surface area contributed by atoms with Crippen LogP contribution in [0.2, 0.25) is 0 Å². The number of hydrogen-bond donors (Lipinski definition) is 1. The largest absolute Gasteiger partial charge is 0.373 e. The Morgan fingerprint density at radius 2 is 2.00 bits per heavy atom. The molecule has 0 spiro atoms. The molecule has 1 aromatic heterocycles. The van der Waals surface area contributed by atoms with Gasteiger partial charge in [-0.3, -0.25) is 0 Å². The molecule has 16 heavy (non-hydrogen) atoms. The van der Waals surface area contributed by atoms with E-state index in [0.717, 1.165) is 31.0 Å². The van der Waals surface area contributed by atoms with E-state index in [4.69, 9.17) is 4.74 Å². The van der Waals surface area contributed by atoms with E-state index in [1.54, 1.807) is 0 Å². The highest BCUT2D eigenvalue weighted by molar-refractivity contribution is 5.04. The van der Waals surface area contributed by atoms with Crippen LogP contribution in [0.5, 0.6) is 0 Å². The maximum absolute atomic E-state index is 5.37. The first-order chi connectivity index (χ1) is 7.72. The Morgan fingerprint density at radius 3 is 2.56 bits per heavy atom. The Kier molecular flexibility index (Phi) is 5.96. The van der Waals surface area contributed by atoms with Gasteiger partial charge in [0.15, 0.2) is 5.82 Å². The van der Waals surface area contributed by atoms with Crippen molar-refractivity contribution in [1.29, 1.82) is 0 Å². The van der Waals surface area contributed by atoms with Crippen molar-refractivity contribution in [3.63, 3.8) is 0 Å². The first kappa shape index (κ1) is 13.1. The first-order valence-corrected chi connectivity index (χ1v) is 5.83. The monoisotopic (exact) mass is 223 g/mol. The second-order valence-electron chi connectivity index (χ2n) is 4.10. The third kappa shape index (κ3) is 5.19. The van der Waals surface area contributed by atoms with E-state index in [1.165, 1.54) is 0 Å². The van der Waals surface area contributed by atoms with E-state index < -0.39 is 0 Å². The molecule has 0 unspecified atom stereocenters. The molecular formula is C12H21N3O. The van der Waals surface area contributed by atoms with Crippen LogP contribution in [-0.2, 0) is 17.9 Å². The van der Waals surface area contributed by atoms with Gasteiger partial charge in [-0.1, -0.05) is 20.8 Å². The van der Waals surface area contributed by atoms with Gasteiger partial charge in [-0.25, -0.2) is 9.97 Å². The SMILES string of the molecule is CCCOCc1ncc(CNC(C)C)cn1. The van der Waals surface area contributed by atoms with Gasteiger partial charge in [-0.05, 0) is 6.42 Å². The van der Waals surface area contributed by atoms with Gasteiger partial charge in [0.25, 0.3) is 0 Å². The highest BCUT2D eigenvalue weighted by Crippen LogP contribution is 1.98. The summed E-state index contributed by atoms with van der Waals surface area (Å²) in [6, 6.07) is 0.479. The van der Waals surface area contributed by atoms with Gasteiger partial charge < -0.3 is 10.1 Å². The molecule has 0 bridgehead atoms. The van der Waals surface area contributed by atoms with E-state index in [0.29, 0.717) is 12.6 Å². The van der Waals surface area contributed by atoms with Crippen molar-refractivity contribution >= 4 is 0 Å². The van der Waals surface area contributed by atoms with Crippen LogP contribution >= 0.6 is 0 Å². The minimum Gasteiger partial charge on any atom is -0.373 e. The average molecular weight is 223 g/mol. The summed E-state index contributed by atoms with van der Waals surface area (Å²) in [5.41, 5.74) is 1.10. The van der Waals surface area contributed by atoms with Crippen molar-refractivity contribution in [3.8, 4) is 0 Å². The van der Waals surface area contributed by atoms with E-state index in [2.05, 4.69) is 36.1 Å². The summed E-state index contributed by atoms with van der Waals surface area (Å²) in [6.45, 7) is 8.41. The molecule has 1 heterocycles. The predicted octanol–water partition coefficient (Wildman–Crippen LogP) is 1.90. The minimum absolute atomic E-state index is 0.479. The van der Waals surface area contributed by atoms with Gasteiger partial charge >= 0.3 is 0 Å². The van der Waals surface area contributed by atoms with Gasteiger partial charge in [-0.15, -0.1) is 0 Å². The van der Waals surface area contributed by atoms with Crippen molar-refractivity contribution in [2.45, 2.75) is 46.4 Å². The maximum atomic E-state index is 5.37. The molecule has 0 amide bonds. The standard InChI is InChI=1S/C12H21N3O/c1-4-5-16-9-12-14-7-11(8-15-12)6-13-10(2)3/h7-8,10,13H,4-6,9H2,1-3H3. The van der Waals surface area contributed by atoms with E-state index >= 15 is 0 Å². The summed E-state index contributed by atoms with van der Waals surface area (Å²) < 4.78 is 5.37. The third-order valence-electron chi connectivity index (χ3n) is 2.05. The average Bonchev–Trinajstić information content (AvgIpc) is 2.28. The lowest BCUT2D eigenvalue weighted by Crippen LogP contribution is -2.22. The van der Waals surface area contributed by atoms with Crippen molar-refractivity contribution in [1.82, 2.24) is 15.3 Å². The fourth-order valence-corrected chi connectivity index (χ4v) is 1.18. The maximum Gasteiger partial charge on any atom is 0.153 e. The topological polar surface area (TPSA) is 47.0 Å². The van der Waals surface area contributed by atoms with Gasteiger partial charge in [0.05, 0.1) is 0 Å². The Morgan fingerprint density at radius 1 is 1.31 bits per heavy atom. The Balaban J connectivity index is 2.35. The predicted molar refractivity (Wildman–Crippen MR) is 64.0 cm³/mol. The fourth-order valence-electron chi connectivity index (χ4n) is 1.18. The normalized spacial score (nSPS) is 11.0. The number of nitrogens with zero attached hydrogens (tertiary/aromatic N) is 2. The molecule has 1 N–H and O–H groups in total. The van der Waals surface area contributed by atoms with Gasteiger partial charge in [-0.2, -0.15) is 0 Å². The van der Waals surface area contributed by atoms with Crippen LogP contribution in [0, 0.1) is 0 Å². The summed E-state index contributed by atoms with van der Waals surface area (Å²) in [6.07, 6.45) is 4.73. The number of hydrogen-bond acceptors (Lipinski definition) is 4. The Bertz CT molecular complexity index is 285. The lowest BCUT2D eigenvalue weighted by Gasteiger charge is -2.07. The smallest absolute Gasteiger partial charge is 0.153 e. The van der Waals surface area contributed by atoms with Gasteiger partial charge in [0, 0.05) is 37.2 Å². The first-order valence-electron chi connectivity index (χ1n) is 5.83. The summed E-state index contributed by atoms with van der Waals surface area (Å²) in [4.78, 5) is 8.50. The Hall–Kier alpha value is -1.00. The quantitative estimate of drug-likeness (QED) is 0.717. The molecule has 0 aliphatic carbocycles. The van der Waals surface area contributed by atoms with Crippen molar-refractivity contribution < 1.29 is 4.74 Å². The van der Waals surface area contributed by atoms with Crippen LogP contribution in [-0.4, -0.2) is 22.6 Å². The van der Waals surface area contributed by atoms with Crippen LogP contribution in [0.1, 0.15) is 38.6 Å². The van der Waals surface area contributed by atoms with E-state index in [-0.39, 0.29) is 0 Å². The van der Waals surface area contributed by atoms with Crippen LogP contribution in [0.25, 0.3) is 0 Å². The number of aromatic nitrogens is 2. The van der Waals surface area contributed by atoms with Crippen molar-refractivity contribution in [2.75, 3.05) is 6.61 Å². The molecule has 0 radical (unpaired) electrons. The van der Waals surface area contributed by atoms with Crippen molar-refractivity contribution in [3.05, 3.63) is 23.8 Å². The van der Waals surface area contributed by atoms with Crippen molar-refractivity contribution in [2.24, 2.45) is 0 Å². The highest BCUT2D eigenvalue weighted by Gasteiger charge is 1.99. The molecule has 90 valence electrons. The molecule has 0 fully saturated rings. The lowest BCUT2D eigenvalue weighted by atomic mass is 10.3. The number of ether oxygens (including phenoxy) is 1. The number of rotatable bonds is 7. The van der Waals surface area contributed by atoms with Crippen LogP contribution in [0.15, 0.2) is 12.4 Å². The summed E-state index contributed by atoms with van der Waals surface area (Å²) in [5, 5.41) is 3.32. The molecule has 4 heteroatoms. The Labute approximate surface area is 97.5 Å². The van der Waals surface area contributed by atoms with E-state index in [1.807, 2.05) is 12.4 Å². The summed E-state index contributed by atoms with van der Waals surface area (Å²) in [5.74, 6) is 0.752. The van der Waals surface area contributed by atoms with Gasteiger partial charge in [0.1, 0.15) is 6.61 Å². The lowest BCUT2D eigenvalue weighted by molar-refractivity contribution is 0.116. The summed E-state index contributed by atoms with van der Waals surface area (Å²) in [7, 11) is 0. The molecule has 0 aromatic carbocycles. The van der Waals surface area contributed by atoms with Crippen LogP contribution in [0.4, 0.5) is 0 Å². The fraction of sp³-hybridized carbons (Fsp3) is 0.667. The minimum atomic E-state index is 0.479. The molecule has 1 rings (SSSR count). The van der Waals surface area contributed by atoms with Gasteiger partial charge in [0.2, 0.25) is 0 Å². The van der Waals surface area contributed by atoms with Crippen LogP contribution < -0.4 is 5.32 Å². The zero-order chi connectivity index (χ0) is 11.8. The second kappa shape index (κ2) is 7.30. The summed E-state index contributed by atoms with van der Waals surface area (Å²) >= 11 is 0. The molecule has 0 atom stereocenters. The molecule has 0 aliphatic heterocycles.